The van der Waals surface area contributed by atoms with Crippen LogP contribution >= 0.6 is 0 Å². The summed E-state index contributed by atoms with van der Waals surface area (Å²) in [4.78, 5) is 33.5. The van der Waals surface area contributed by atoms with Crippen molar-refractivity contribution in [3.05, 3.63) is 0 Å². The van der Waals surface area contributed by atoms with Crippen molar-refractivity contribution in [3.8, 4) is 0 Å². The first-order valence-electron chi connectivity index (χ1n) is 5.59. The number of nitrogens with zero attached hydrogens (tertiary/aromatic N) is 1. The molecule has 0 aliphatic heterocycles. The van der Waals surface area contributed by atoms with Gasteiger partial charge in [0, 0.05) is 6.04 Å². The summed E-state index contributed by atoms with van der Waals surface area (Å²) in [6, 6.07) is -3.71. The summed E-state index contributed by atoms with van der Waals surface area (Å²) in [6.45, 7) is 1.16. The van der Waals surface area contributed by atoms with Crippen LogP contribution in [0.2, 0.25) is 0 Å². The molecule has 0 spiro atoms. The van der Waals surface area contributed by atoms with Crippen molar-refractivity contribution < 1.29 is 32.7 Å². The molecule has 0 unspecified atom stereocenters. The topological polar surface area (TPSA) is 113 Å². The van der Waals surface area contributed by atoms with Crippen LogP contribution < -0.4 is 11.1 Å². The molecule has 0 aromatic carbocycles. The summed E-state index contributed by atoms with van der Waals surface area (Å²) >= 11 is 0. The molecule has 0 heterocycles. The van der Waals surface area contributed by atoms with Crippen LogP contribution in [0.5, 0.6) is 0 Å². The number of aliphatic carboxylic acids is 1. The molecule has 7 nitrogen and oxygen atoms in total. The third-order valence-corrected chi connectivity index (χ3v) is 2.23. The number of halogens is 3. The Morgan fingerprint density at radius 3 is 2.10 bits per heavy atom. The Hall–Kier alpha value is -2.00. The molecule has 1 atom stereocenters. The summed E-state index contributed by atoms with van der Waals surface area (Å²) < 4.78 is 37.0. The minimum Gasteiger partial charge on any atom is -0.480 e. The Labute approximate surface area is 112 Å². The zero-order valence-corrected chi connectivity index (χ0v) is 10.9. The molecule has 0 rings (SSSR count). The number of hydrogen-bond acceptors (Lipinski definition) is 3. The molecule has 10 heteroatoms. The maximum absolute atomic E-state index is 12.3. The van der Waals surface area contributed by atoms with E-state index in [1.807, 2.05) is 5.32 Å². The summed E-state index contributed by atoms with van der Waals surface area (Å²) in [6.07, 6.45) is -5.33. The molecule has 0 aliphatic carbocycles. The van der Waals surface area contributed by atoms with E-state index in [0.29, 0.717) is 4.90 Å². The highest BCUT2D eigenvalue weighted by atomic mass is 19.4. The second-order valence-corrected chi connectivity index (χ2v) is 4.35. The van der Waals surface area contributed by atoms with Crippen molar-refractivity contribution in [2.45, 2.75) is 38.5 Å². The zero-order chi connectivity index (χ0) is 16.1. The minimum atomic E-state index is -4.62. The van der Waals surface area contributed by atoms with Gasteiger partial charge in [-0.1, -0.05) is 0 Å². The number of primary amides is 1. The zero-order valence-electron chi connectivity index (χ0n) is 10.9. The molecule has 0 saturated carbocycles. The van der Waals surface area contributed by atoms with Gasteiger partial charge in [-0.2, -0.15) is 13.2 Å². The highest BCUT2D eigenvalue weighted by molar-refractivity contribution is 5.87. The Balaban J connectivity index is 4.89. The third kappa shape index (κ3) is 6.81. The van der Waals surface area contributed by atoms with E-state index >= 15 is 0 Å². The Bertz CT molecular complexity index is 384. The van der Waals surface area contributed by atoms with Crippen molar-refractivity contribution >= 4 is 17.9 Å². The SMILES string of the molecule is CC(C)N(CC(F)(F)F)C(=O)N[C@H](CC(N)=O)C(=O)O. The molecule has 0 aromatic rings. The van der Waals surface area contributed by atoms with E-state index in [0.717, 1.165) is 0 Å². The van der Waals surface area contributed by atoms with Crippen LogP contribution in [0.4, 0.5) is 18.0 Å². The van der Waals surface area contributed by atoms with Gasteiger partial charge >= 0.3 is 18.2 Å². The van der Waals surface area contributed by atoms with Gasteiger partial charge in [0.2, 0.25) is 5.91 Å². The number of hydrogen-bond donors (Lipinski definition) is 3. The number of alkyl halides is 3. The first-order chi connectivity index (χ1) is 8.94. The quantitative estimate of drug-likeness (QED) is 0.654. The summed E-state index contributed by atoms with van der Waals surface area (Å²) in [7, 11) is 0. The predicted octanol–water partition coefficient (Wildman–Crippen LogP) is 0.297. The summed E-state index contributed by atoms with van der Waals surface area (Å²) in [5.41, 5.74) is 4.80. The molecule has 0 radical (unpaired) electrons. The average Bonchev–Trinajstić information content (AvgIpc) is 2.22. The van der Waals surface area contributed by atoms with E-state index in [-0.39, 0.29) is 0 Å². The molecule has 0 fully saturated rings. The van der Waals surface area contributed by atoms with Crippen LogP contribution in [-0.4, -0.2) is 52.7 Å². The molecule has 3 amide bonds. The largest absolute Gasteiger partial charge is 0.480 e. The van der Waals surface area contributed by atoms with Crippen molar-refractivity contribution in [1.29, 1.82) is 0 Å². The lowest BCUT2D eigenvalue weighted by Gasteiger charge is -2.29. The number of amides is 3. The van der Waals surface area contributed by atoms with Gasteiger partial charge in [-0.25, -0.2) is 9.59 Å². The molecule has 4 N–H and O–H groups in total. The van der Waals surface area contributed by atoms with E-state index in [2.05, 4.69) is 0 Å². The van der Waals surface area contributed by atoms with Crippen molar-refractivity contribution in [2.75, 3.05) is 6.54 Å². The molecular formula is C10H16F3N3O4. The lowest BCUT2D eigenvalue weighted by molar-refractivity contribution is -0.144. The molecule has 116 valence electrons. The number of carbonyl (C=O) groups is 3. The number of carboxylic acid groups (broad SMARTS) is 1. The van der Waals surface area contributed by atoms with Crippen molar-refractivity contribution in [1.82, 2.24) is 10.2 Å². The van der Waals surface area contributed by atoms with E-state index in [1.54, 1.807) is 0 Å². The lowest BCUT2D eigenvalue weighted by Crippen LogP contribution is -2.53. The molecule has 0 bridgehead atoms. The third-order valence-electron chi connectivity index (χ3n) is 2.23. The highest BCUT2D eigenvalue weighted by Gasteiger charge is 2.35. The maximum atomic E-state index is 12.3. The second-order valence-electron chi connectivity index (χ2n) is 4.35. The number of carboxylic acids is 1. The Kier molecular flexibility index (Phi) is 6.27. The minimum absolute atomic E-state index is 0.414. The van der Waals surface area contributed by atoms with Crippen LogP contribution in [0, 0.1) is 0 Å². The smallest absolute Gasteiger partial charge is 0.406 e. The Morgan fingerprint density at radius 1 is 1.30 bits per heavy atom. The molecular weight excluding hydrogens is 283 g/mol. The van der Waals surface area contributed by atoms with Crippen LogP contribution in [0.1, 0.15) is 20.3 Å². The molecule has 20 heavy (non-hydrogen) atoms. The fraction of sp³-hybridized carbons (Fsp3) is 0.700. The van der Waals surface area contributed by atoms with Gasteiger partial charge in [-0.3, -0.25) is 4.79 Å². The summed E-state index contributed by atoms with van der Waals surface area (Å²) in [5, 5.41) is 10.6. The van der Waals surface area contributed by atoms with E-state index in [9.17, 15) is 27.6 Å². The fourth-order valence-electron chi connectivity index (χ4n) is 1.32. The van der Waals surface area contributed by atoms with Crippen LogP contribution in [0.3, 0.4) is 0 Å². The normalized spacial score (nSPS) is 12.9. The van der Waals surface area contributed by atoms with Gasteiger partial charge in [0.05, 0.1) is 6.42 Å². The first-order valence-corrected chi connectivity index (χ1v) is 5.59. The number of rotatable bonds is 6. The van der Waals surface area contributed by atoms with E-state index in [4.69, 9.17) is 10.8 Å². The highest BCUT2D eigenvalue weighted by Crippen LogP contribution is 2.18. The fourth-order valence-corrected chi connectivity index (χ4v) is 1.32. The van der Waals surface area contributed by atoms with Gasteiger partial charge in [0.25, 0.3) is 0 Å². The number of urea groups is 1. The Morgan fingerprint density at radius 2 is 1.80 bits per heavy atom. The molecule has 0 aromatic heterocycles. The molecule has 0 saturated heterocycles. The van der Waals surface area contributed by atoms with Gasteiger partial charge < -0.3 is 21.1 Å². The number of nitrogens with one attached hydrogen (secondary N) is 1. The number of carbonyl (C=O) groups excluding carboxylic acids is 2. The van der Waals surface area contributed by atoms with Crippen LogP contribution in [-0.2, 0) is 9.59 Å². The van der Waals surface area contributed by atoms with Gasteiger partial charge in [0.1, 0.15) is 12.6 Å². The van der Waals surface area contributed by atoms with Crippen LogP contribution in [0.15, 0.2) is 0 Å². The maximum Gasteiger partial charge on any atom is 0.406 e. The van der Waals surface area contributed by atoms with Gasteiger partial charge in [0.15, 0.2) is 0 Å². The molecule has 0 aliphatic rings. The standard InChI is InChI=1S/C10H16F3N3O4/c1-5(2)16(4-10(11,12)13)9(20)15-6(8(18)19)3-7(14)17/h5-6H,3-4H2,1-2H3,(H2,14,17)(H,15,20)(H,18,19)/t6-/m1/s1. The van der Waals surface area contributed by atoms with E-state index in [1.165, 1.54) is 13.8 Å². The lowest BCUT2D eigenvalue weighted by atomic mass is 10.2. The van der Waals surface area contributed by atoms with Crippen LogP contribution in [0.25, 0.3) is 0 Å². The summed E-state index contributed by atoms with van der Waals surface area (Å²) in [5.74, 6) is -2.56. The van der Waals surface area contributed by atoms with Gasteiger partial charge in [-0.05, 0) is 13.8 Å². The van der Waals surface area contributed by atoms with E-state index < -0.39 is 49.1 Å². The second kappa shape index (κ2) is 6.96. The predicted molar refractivity (Wildman–Crippen MR) is 61.7 cm³/mol. The van der Waals surface area contributed by atoms with Crippen molar-refractivity contribution in [3.63, 3.8) is 0 Å². The monoisotopic (exact) mass is 299 g/mol. The van der Waals surface area contributed by atoms with Gasteiger partial charge in [-0.15, -0.1) is 0 Å². The average molecular weight is 299 g/mol. The first kappa shape index (κ1) is 18.0. The van der Waals surface area contributed by atoms with Crippen molar-refractivity contribution in [2.24, 2.45) is 5.73 Å². The number of nitrogens with two attached hydrogens (primary N) is 1.